The number of anilines is 1. The maximum Gasteiger partial charge on any atom is 0.319 e. The number of rotatable bonds is 3. The van der Waals surface area contributed by atoms with Gasteiger partial charge in [-0.05, 0) is 39.8 Å². The summed E-state index contributed by atoms with van der Waals surface area (Å²) in [6.45, 7) is 7.78. The molecule has 2 N–H and O–H groups in total. The Morgan fingerprint density at radius 1 is 1.39 bits per heavy atom. The Labute approximate surface area is 107 Å². The summed E-state index contributed by atoms with van der Waals surface area (Å²) in [4.78, 5) is 11.6. The third-order valence-electron chi connectivity index (χ3n) is 1.98. The van der Waals surface area contributed by atoms with Crippen LogP contribution in [-0.4, -0.2) is 18.2 Å². The van der Waals surface area contributed by atoms with Gasteiger partial charge in [-0.25, -0.2) is 9.18 Å². The minimum Gasteiger partial charge on any atom is -0.491 e. The van der Waals surface area contributed by atoms with Crippen LogP contribution in [0.1, 0.15) is 27.7 Å². The van der Waals surface area contributed by atoms with Crippen LogP contribution in [0.5, 0.6) is 5.75 Å². The van der Waals surface area contributed by atoms with Gasteiger partial charge in [0.05, 0.1) is 6.61 Å². The molecule has 0 saturated heterocycles. The lowest BCUT2D eigenvalue weighted by Crippen LogP contribution is -2.43. The Morgan fingerprint density at radius 2 is 2.06 bits per heavy atom. The number of hydrogen-bond donors (Lipinski definition) is 2. The molecule has 0 atom stereocenters. The summed E-state index contributed by atoms with van der Waals surface area (Å²) in [7, 11) is 0. The summed E-state index contributed by atoms with van der Waals surface area (Å²) in [5, 5.41) is 5.29. The van der Waals surface area contributed by atoms with Crippen LogP contribution in [-0.2, 0) is 0 Å². The normalized spacial score (nSPS) is 10.9. The van der Waals surface area contributed by atoms with E-state index < -0.39 is 5.82 Å². The van der Waals surface area contributed by atoms with Gasteiger partial charge in [0.2, 0.25) is 0 Å². The van der Waals surface area contributed by atoms with Crippen molar-refractivity contribution in [1.82, 2.24) is 5.32 Å². The predicted octanol–water partition coefficient (Wildman–Crippen LogP) is 3.14. The van der Waals surface area contributed by atoms with E-state index in [2.05, 4.69) is 10.6 Å². The number of carbonyl (C=O) groups excluding carboxylic acids is 1. The quantitative estimate of drug-likeness (QED) is 0.870. The molecule has 1 aromatic carbocycles. The highest BCUT2D eigenvalue weighted by molar-refractivity contribution is 5.89. The molecule has 2 amide bonds. The van der Waals surface area contributed by atoms with E-state index in [1.807, 2.05) is 20.8 Å². The SMILES string of the molecule is CCOc1ccc(NC(=O)NC(C)(C)C)cc1F. The highest BCUT2D eigenvalue weighted by Gasteiger charge is 2.14. The van der Waals surface area contributed by atoms with Gasteiger partial charge >= 0.3 is 6.03 Å². The molecule has 100 valence electrons. The summed E-state index contributed by atoms with van der Waals surface area (Å²) in [6, 6.07) is 3.95. The number of urea groups is 1. The predicted molar refractivity (Wildman–Crippen MR) is 69.5 cm³/mol. The maximum atomic E-state index is 13.5. The summed E-state index contributed by atoms with van der Waals surface area (Å²) in [5.74, 6) is -0.315. The molecule has 0 saturated carbocycles. The van der Waals surface area contributed by atoms with E-state index in [1.54, 1.807) is 13.0 Å². The van der Waals surface area contributed by atoms with E-state index in [4.69, 9.17) is 4.74 Å². The van der Waals surface area contributed by atoms with Crippen LogP contribution < -0.4 is 15.4 Å². The first-order chi connectivity index (χ1) is 8.31. The van der Waals surface area contributed by atoms with Crippen molar-refractivity contribution in [2.24, 2.45) is 0 Å². The van der Waals surface area contributed by atoms with Gasteiger partial charge in [-0.2, -0.15) is 0 Å². The van der Waals surface area contributed by atoms with Crippen molar-refractivity contribution in [3.63, 3.8) is 0 Å². The van der Waals surface area contributed by atoms with Crippen LogP contribution in [0.4, 0.5) is 14.9 Å². The summed E-state index contributed by atoms with van der Waals surface area (Å²) in [6.07, 6.45) is 0. The van der Waals surface area contributed by atoms with Crippen molar-refractivity contribution < 1.29 is 13.9 Å². The van der Waals surface area contributed by atoms with E-state index in [1.165, 1.54) is 12.1 Å². The molecular formula is C13H19FN2O2. The summed E-state index contributed by atoms with van der Waals surface area (Å²) >= 11 is 0. The molecule has 0 bridgehead atoms. The number of carbonyl (C=O) groups is 1. The van der Waals surface area contributed by atoms with Crippen molar-refractivity contribution >= 4 is 11.7 Å². The zero-order chi connectivity index (χ0) is 13.8. The first-order valence-corrected chi connectivity index (χ1v) is 5.83. The molecule has 0 aliphatic heterocycles. The molecule has 0 aliphatic carbocycles. The second-order valence-corrected chi connectivity index (χ2v) is 4.91. The molecule has 18 heavy (non-hydrogen) atoms. The van der Waals surface area contributed by atoms with Gasteiger partial charge in [0.1, 0.15) is 0 Å². The van der Waals surface area contributed by atoms with Gasteiger partial charge in [-0.3, -0.25) is 0 Å². The Balaban J connectivity index is 2.69. The van der Waals surface area contributed by atoms with Crippen LogP contribution >= 0.6 is 0 Å². The first-order valence-electron chi connectivity index (χ1n) is 5.83. The minimum absolute atomic E-state index is 0.180. The number of ether oxygens (including phenoxy) is 1. The van der Waals surface area contributed by atoms with Gasteiger partial charge < -0.3 is 15.4 Å². The van der Waals surface area contributed by atoms with Crippen LogP contribution in [0, 0.1) is 5.82 Å². The molecule has 5 heteroatoms. The zero-order valence-electron chi connectivity index (χ0n) is 11.1. The number of hydrogen-bond acceptors (Lipinski definition) is 2. The number of benzene rings is 1. The van der Waals surface area contributed by atoms with E-state index >= 15 is 0 Å². The lowest BCUT2D eigenvalue weighted by atomic mass is 10.1. The third kappa shape index (κ3) is 4.61. The van der Waals surface area contributed by atoms with Gasteiger partial charge in [-0.1, -0.05) is 0 Å². The van der Waals surface area contributed by atoms with Crippen LogP contribution in [0.15, 0.2) is 18.2 Å². The Hall–Kier alpha value is -1.78. The lowest BCUT2D eigenvalue weighted by Gasteiger charge is -2.20. The lowest BCUT2D eigenvalue weighted by molar-refractivity contribution is 0.244. The number of nitrogens with one attached hydrogen (secondary N) is 2. The summed E-state index contributed by atoms with van der Waals surface area (Å²) < 4.78 is 18.6. The molecule has 0 fully saturated rings. The van der Waals surface area contributed by atoms with E-state index in [0.29, 0.717) is 12.3 Å². The van der Waals surface area contributed by atoms with Crippen molar-refractivity contribution in [3.05, 3.63) is 24.0 Å². The van der Waals surface area contributed by atoms with E-state index in [0.717, 1.165) is 0 Å². The fourth-order valence-corrected chi connectivity index (χ4v) is 1.35. The Kier molecular flexibility index (Phi) is 4.53. The molecular weight excluding hydrogens is 235 g/mol. The van der Waals surface area contributed by atoms with Crippen LogP contribution in [0.3, 0.4) is 0 Å². The standard InChI is InChI=1S/C13H19FN2O2/c1-5-18-11-7-6-9(8-10(11)14)15-12(17)16-13(2,3)4/h6-8H,5H2,1-4H3,(H2,15,16,17). The molecule has 0 radical (unpaired) electrons. The van der Waals surface area contributed by atoms with Crippen molar-refractivity contribution in [3.8, 4) is 5.75 Å². The van der Waals surface area contributed by atoms with E-state index in [9.17, 15) is 9.18 Å². The molecule has 0 unspecified atom stereocenters. The number of halogens is 1. The molecule has 0 spiro atoms. The number of amides is 2. The molecule has 4 nitrogen and oxygen atoms in total. The average molecular weight is 254 g/mol. The molecule has 0 heterocycles. The second kappa shape index (κ2) is 5.71. The van der Waals surface area contributed by atoms with Crippen LogP contribution in [0.25, 0.3) is 0 Å². The topological polar surface area (TPSA) is 50.4 Å². The average Bonchev–Trinajstić information content (AvgIpc) is 2.19. The molecule has 1 aromatic rings. The van der Waals surface area contributed by atoms with Crippen molar-refractivity contribution in [2.45, 2.75) is 33.2 Å². The third-order valence-corrected chi connectivity index (χ3v) is 1.98. The van der Waals surface area contributed by atoms with Crippen LogP contribution in [0.2, 0.25) is 0 Å². The van der Waals surface area contributed by atoms with Gasteiger partial charge in [0.15, 0.2) is 11.6 Å². The van der Waals surface area contributed by atoms with Crippen molar-refractivity contribution in [1.29, 1.82) is 0 Å². The van der Waals surface area contributed by atoms with Gasteiger partial charge in [0.25, 0.3) is 0 Å². The molecule has 0 aliphatic rings. The zero-order valence-corrected chi connectivity index (χ0v) is 11.1. The minimum atomic E-state index is -0.495. The van der Waals surface area contributed by atoms with E-state index in [-0.39, 0.29) is 17.3 Å². The molecule has 1 rings (SSSR count). The fraction of sp³-hybridized carbons (Fsp3) is 0.462. The largest absolute Gasteiger partial charge is 0.491 e. The second-order valence-electron chi connectivity index (χ2n) is 4.91. The smallest absolute Gasteiger partial charge is 0.319 e. The highest BCUT2D eigenvalue weighted by Crippen LogP contribution is 2.21. The van der Waals surface area contributed by atoms with Gasteiger partial charge in [0, 0.05) is 17.3 Å². The Morgan fingerprint density at radius 3 is 2.56 bits per heavy atom. The first kappa shape index (κ1) is 14.3. The van der Waals surface area contributed by atoms with Gasteiger partial charge in [-0.15, -0.1) is 0 Å². The fourth-order valence-electron chi connectivity index (χ4n) is 1.35. The maximum absolute atomic E-state index is 13.5. The molecule has 0 aromatic heterocycles. The Bertz CT molecular complexity index is 427. The highest BCUT2D eigenvalue weighted by atomic mass is 19.1. The summed E-state index contributed by atoms with van der Waals surface area (Å²) in [5.41, 5.74) is 0.0474. The monoisotopic (exact) mass is 254 g/mol. The van der Waals surface area contributed by atoms with Crippen molar-refractivity contribution in [2.75, 3.05) is 11.9 Å².